The molecule has 1 amide bonds. The van der Waals surface area contributed by atoms with E-state index in [1.54, 1.807) is 17.0 Å². The molecule has 30 heavy (non-hydrogen) atoms. The molecular formula is C25H23N3O2. The highest BCUT2D eigenvalue weighted by atomic mass is 16.4. The van der Waals surface area contributed by atoms with Crippen LogP contribution in [0.5, 0.6) is 0 Å². The first-order valence-corrected chi connectivity index (χ1v) is 9.86. The van der Waals surface area contributed by atoms with Gasteiger partial charge in [0.2, 0.25) is 11.8 Å². The van der Waals surface area contributed by atoms with E-state index in [-0.39, 0.29) is 11.9 Å². The van der Waals surface area contributed by atoms with Crippen molar-refractivity contribution < 1.29 is 9.21 Å². The molecule has 0 radical (unpaired) electrons. The van der Waals surface area contributed by atoms with Gasteiger partial charge in [0.05, 0.1) is 6.04 Å². The second kappa shape index (κ2) is 8.33. The number of hydrogen-bond donors (Lipinski definition) is 0. The monoisotopic (exact) mass is 397 g/mol. The molecular weight excluding hydrogens is 374 g/mol. The standard InChI is InChI=1S/C25H23N3O2/c1-17-9-11-20(12-10-17)23-26-27-24(30-23)21-13-15-22(16-14-21)25(29)28(3)18(2)19-7-5-4-6-8-19/h4-16,18H,1-3H3. The highest BCUT2D eigenvalue weighted by Gasteiger charge is 2.19. The van der Waals surface area contributed by atoms with E-state index in [2.05, 4.69) is 10.2 Å². The zero-order chi connectivity index (χ0) is 21.1. The number of benzene rings is 3. The molecule has 5 heteroatoms. The van der Waals surface area contributed by atoms with E-state index in [1.165, 1.54) is 5.56 Å². The number of nitrogens with zero attached hydrogens (tertiary/aromatic N) is 3. The molecule has 0 N–H and O–H groups in total. The molecule has 4 aromatic rings. The van der Waals surface area contributed by atoms with Crippen LogP contribution in [0.15, 0.2) is 83.3 Å². The summed E-state index contributed by atoms with van der Waals surface area (Å²) >= 11 is 0. The van der Waals surface area contributed by atoms with Gasteiger partial charge in [-0.2, -0.15) is 0 Å². The van der Waals surface area contributed by atoms with Crippen LogP contribution in [0.4, 0.5) is 0 Å². The van der Waals surface area contributed by atoms with E-state index in [4.69, 9.17) is 4.42 Å². The summed E-state index contributed by atoms with van der Waals surface area (Å²) in [5, 5.41) is 8.29. The maximum absolute atomic E-state index is 12.9. The molecule has 4 rings (SSSR count). The summed E-state index contributed by atoms with van der Waals surface area (Å²) in [7, 11) is 1.82. The summed E-state index contributed by atoms with van der Waals surface area (Å²) in [6, 6.07) is 25.1. The summed E-state index contributed by atoms with van der Waals surface area (Å²) < 4.78 is 5.82. The number of aromatic nitrogens is 2. The van der Waals surface area contributed by atoms with E-state index in [9.17, 15) is 4.79 Å². The highest BCUT2D eigenvalue weighted by molar-refractivity contribution is 5.94. The molecule has 0 aliphatic carbocycles. The fraction of sp³-hybridized carbons (Fsp3) is 0.160. The number of hydrogen-bond acceptors (Lipinski definition) is 4. The summed E-state index contributed by atoms with van der Waals surface area (Å²) in [5.74, 6) is 0.862. The zero-order valence-electron chi connectivity index (χ0n) is 17.2. The van der Waals surface area contributed by atoms with Crippen LogP contribution in [0.1, 0.15) is 34.5 Å². The van der Waals surface area contributed by atoms with Crippen molar-refractivity contribution in [1.82, 2.24) is 15.1 Å². The van der Waals surface area contributed by atoms with Crippen molar-refractivity contribution >= 4 is 5.91 Å². The van der Waals surface area contributed by atoms with Gasteiger partial charge in [0.1, 0.15) is 0 Å². The van der Waals surface area contributed by atoms with E-state index >= 15 is 0 Å². The van der Waals surface area contributed by atoms with Crippen LogP contribution >= 0.6 is 0 Å². The minimum atomic E-state index is -0.0382. The topological polar surface area (TPSA) is 59.2 Å². The van der Waals surface area contributed by atoms with Gasteiger partial charge in [0.25, 0.3) is 5.91 Å². The first-order valence-electron chi connectivity index (χ1n) is 9.86. The molecule has 0 bridgehead atoms. The van der Waals surface area contributed by atoms with Crippen molar-refractivity contribution in [2.75, 3.05) is 7.05 Å². The van der Waals surface area contributed by atoms with E-state index < -0.39 is 0 Å². The Kier molecular flexibility index (Phi) is 5.44. The molecule has 1 aromatic heterocycles. The fourth-order valence-electron chi connectivity index (χ4n) is 3.24. The Morgan fingerprint density at radius 2 is 1.37 bits per heavy atom. The Bertz CT molecular complexity index is 1130. The van der Waals surface area contributed by atoms with Crippen LogP contribution in [0.2, 0.25) is 0 Å². The van der Waals surface area contributed by atoms with Crippen molar-refractivity contribution in [2.24, 2.45) is 0 Å². The molecule has 0 aliphatic heterocycles. The SMILES string of the molecule is Cc1ccc(-c2nnc(-c3ccc(C(=O)N(C)C(C)c4ccccc4)cc3)o2)cc1. The Balaban J connectivity index is 1.50. The lowest BCUT2D eigenvalue weighted by molar-refractivity contribution is 0.0742. The minimum absolute atomic E-state index is 0.0219. The molecule has 5 nitrogen and oxygen atoms in total. The summed E-state index contributed by atoms with van der Waals surface area (Å²) in [5.41, 5.74) is 4.53. The van der Waals surface area contributed by atoms with Gasteiger partial charge < -0.3 is 9.32 Å². The predicted octanol–water partition coefficient (Wildman–Crippen LogP) is 5.55. The lowest BCUT2D eigenvalue weighted by Gasteiger charge is -2.25. The second-order valence-corrected chi connectivity index (χ2v) is 7.36. The highest BCUT2D eigenvalue weighted by Crippen LogP contribution is 2.25. The molecule has 3 aromatic carbocycles. The number of carbonyl (C=O) groups excluding carboxylic acids is 1. The molecule has 0 aliphatic rings. The van der Waals surface area contributed by atoms with Crippen LogP contribution in [0, 0.1) is 6.92 Å². The van der Waals surface area contributed by atoms with Crippen molar-refractivity contribution in [2.45, 2.75) is 19.9 Å². The fourth-order valence-corrected chi connectivity index (χ4v) is 3.24. The third-order valence-electron chi connectivity index (χ3n) is 5.29. The largest absolute Gasteiger partial charge is 0.416 e. The molecule has 0 saturated heterocycles. The molecule has 0 fully saturated rings. The normalized spacial score (nSPS) is 11.8. The van der Waals surface area contributed by atoms with E-state index in [1.807, 2.05) is 87.6 Å². The van der Waals surface area contributed by atoms with Crippen LogP contribution in [-0.4, -0.2) is 28.1 Å². The predicted molar refractivity (Wildman–Crippen MR) is 117 cm³/mol. The van der Waals surface area contributed by atoms with Gasteiger partial charge in [0, 0.05) is 23.7 Å². The average Bonchev–Trinajstić information content (AvgIpc) is 3.29. The van der Waals surface area contributed by atoms with Gasteiger partial charge in [-0.05, 0) is 55.8 Å². The van der Waals surface area contributed by atoms with Gasteiger partial charge in [-0.1, -0.05) is 48.0 Å². The molecule has 1 heterocycles. The van der Waals surface area contributed by atoms with Gasteiger partial charge >= 0.3 is 0 Å². The maximum atomic E-state index is 12.9. The lowest BCUT2D eigenvalue weighted by atomic mass is 10.1. The summed E-state index contributed by atoms with van der Waals surface area (Å²) in [4.78, 5) is 14.6. The number of amides is 1. The van der Waals surface area contributed by atoms with E-state index in [0.29, 0.717) is 17.3 Å². The van der Waals surface area contributed by atoms with Gasteiger partial charge in [-0.3, -0.25) is 4.79 Å². The van der Waals surface area contributed by atoms with Gasteiger partial charge in [-0.15, -0.1) is 10.2 Å². The zero-order valence-corrected chi connectivity index (χ0v) is 17.2. The Hall–Kier alpha value is -3.73. The molecule has 0 saturated carbocycles. The van der Waals surface area contributed by atoms with Gasteiger partial charge in [-0.25, -0.2) is 0 Å². The van der Waals surface area contributed by atoms with Crippen molar-refractivity contribution in [3.8, 4) is 22.9 Å². The van der Waals surface area contributed by atoms with E-state index in [0.717, 1.165) is 16.7 Å². The number of rotatable bonds is 5. The van der Waals surface area contributed by atoms with Crippen molar-refractivity contribution in [3.05, 3.63) is 95.6 Å². The van der Waals surface area contributed by atoms with Crippen molar-refractivity contribution in [1.29, 1.82) is 0 Å². The first-order chi connectivity index (χ1) is 14.5. The molecule has 150 valence electrons. The van der Waals surface area contributed by atoms with Gasteiger partial charge in [0.15, 0.2) is 0 Å². The lowest BCUT2D eigenvalue weighted by Crippen LogP contribution is -2.29. The maximum Gasteiger partial charge on any atom is 0.254 e. The molecule has 1 unspecified atom stereocenters. The Labute approximate surface area is 176 Å². The average molecular weight is 397 g/mol. The summed E-state index contributed by atoms with van der Waals surface area (Å²) in [6.07, 6.45) is 0. The minimum Gasteiger partial charge on any atom is -0.416 e. The van der Waals surface area contributed by atoms with Crippen LogP contribution in [0.3, 0.4) is 0 Å². The van der Waals surface area contributed by atoms with Crippen molar-refractivity contribution in [3.63, 3.8) is 0 Å². The van der Waals surface area contributed by atoms with Crippen LogP contribution in [-0.2, 0) is 0 Å². The third-order valence-corrected chi connectivity index (χ3v) is 5.29. The Morgan fingerprint density at radius 3 is 1.93 bits per heavy atom. The second-order valence-electron chi connectivity index (χ2n) is 7.36. The number of aryl methyl sites for hydroxylation is 1. The first kappa shape index (κ1) is 19.6. The summed E-state index contributed by atoms with van der Waals surface area (Å²) in [6.45, 7) is 4.05. The van der Waals surface area contributed by atoms with Crippen LogP contribution < -0.4 is 0 Å². The quantitative estimate of drug-likeness (QED) is 0.443. The molecule has 0 spiro atoms. The Morgan fingerprint density at radius 1 is 0.833 bits per heavy atom. The smallest absolute Gasteiger partial charge is 0.254 e. The van der Waals surface area contributed by atoms with Crippen LogP contribution in [0.25, 0.3) is 22.9 Å². The number of carbonyl (C=O) groups is 1. The molecule has 1 atom stereocenters. The third kappa shape index (κ3) is 4.01.